The van der Waals surface area contributed by atoms with Gasteiger partial charge in [0.05, 0.1) is 34.0 Å². The molecule has 0 radical (unpaired) electrons. The van der Waals surface area contributed by atoms with E-state index >= 15 is 0 Å². The number of nitrogens with zero attached hydrogens (tertiary/aromatic N) is 1. The van der Waals surface area contributed by atoms with Gasteiger partial charge in [-0.25, -0.2) is 0 Å². The van der Waals surface area contributed by atoms with E-state index in [0.29, 0.717) is 17.4 Å². The molecule has 0 aromatic carbocycles. The van der Waals surface area contributed by atoms with Gasteiger partial charge in [0.25, 0.3) is 7.82 Å². The SMILES string of the molecule is C=CCCCCCCCCCCCCCCCC(=O)O[C@H](CO/C=C/CCCCCCCCCCCCCC)COP(=O)([O-])OCC[N+](C)(C)C. The molecule has 0 saturated heterocycles. The molecule has 0 saturated carbocycles. The molecule has 302 valence electrons. The number of allylic oxidation sites excluding steroid dienone is 2. The fraction of sp³-hybridized carbons (Fsp3) is 0.881. The second-order valence-corrected chi connectivity index (χ2v) is 16.9. The van der Waals surface area contributed by atoms with Crippen LogP contribution in [0.5, 0.6) is 0 Å². The van der Waals surface area contributed by atoms with Crippen LogP contribution < -0.4 is 4.89 Å². The molecule has 0 N–H and O–H groups in total. The second-order valence-electron chi connectivity index (χ2n) is 15.5. The van der Waals surface area contributed by atoms with E-state index in [2.05, 4.69) is 13.5 Å². The maximum atomic E-state index is 12.6. The van der Waals surface area contributed by atoms with E-state index < -0.39 is 13.9 Å². The van der Waals surface area contributed by atoms with Gasteiger partial charge in [0.15, 0.2) is 6.10 Å². The Morgan fingerprint density at radius 2 is 1.12 bits per heavy atom. The van der Waals surface area contributed by atoms with Crippen molar-refractivity contribution < 1.29 is 37.3 Å². The van der Waals surface area contributed by atoms with E-state index in [0.717, 1.165) is 38.5 Å². The first kappa shape index (κ1) is 49.8. The Balaban J connectivity index is 4.28. The minimum absolute atomic E-state index is 0.0177. The molecular weight excluding hydrogens is 661 g/mol. The zero-order chi connectivity index (χ0) is 37.7. The van der Waals surface area contributed by atoms with Gasteiger partial charge in [-0.2, -0.15) is 0 Å². The lowest BCUT2D eigenvalue weighted by atomic mass is 10.0. The van der Waals surface area contributed by atoms with Crippen molar-refractivity contribution >= 4 is 13.8 Å². The molecule has 0 rings (SSSR count). The highest BCUT2D eigenvalue weighted by molar-refractivity contribution is 7.45. The molecule has 0 aliphatic rings. The number of quaternary nitrogens is 1. The molecule has 0 aromatic rings. The highest BCUT2D eigenvalue weighted by Crippen LogP contribution is 2.38. The summed E-state index contributed by atoms with van der Waals surface area (Å²) >= 11 is 0. The van der Waals surface area contributed by atoms with Crippen molar-refractivity contribution in [3.63, 3.8) is 0 Å². The van der Waals surface area contributed by atoms with Crippen molar-refractivity contribution in [1.82, 2.24) is 0 Å². The van der Waals surface area contributed by atoms with Crippen molar-refractivity contribution in [2.24, 2.45) is 0 Å². The Kier molecular flexibility index (Phi) is 35.0. The summed E-state index contributed by atoms with van der Waals surface area (Å²) < 4.78 is 34.3. The summed E-state index contributed by atoms with van der Waals surface area (Å²) in [6, 6.07) is 0. The lowest BCUT2D eigenvalue weighted by Gasteiger charge is -2.28. The van der Waals surface area contributed by atoms with Crippen LogP contribution in [0.2, 0.25) is 0 Å². The lowest BCUT2D eigenvalue weighted by molar-refractivity contribution is -0.870. The topological polar surface area (TPSA) is 94.1 Å². The third-order valence-electron chi connectivity index (χ3n) is 9.22. The first-order valence-electron chi connectivity index (χ1n) is 21.1. The number of hydrogen-bond acceptors (Lipinski definition) is 7. The van der Waals surface area contributed by atoms with E-state index in [1.807, 2.05) is 33.3 Å². The summed E-state index contributed by atoms with van der Waals surface area (Å²) in [4.78, 5) is 25.0. The third kappa shape index (κ3) is 39.9. The van der Waals surface area contributed by atoms with Gasteiger partial charge in [-0.05, 0) is 38.2 Å². The number of carbonyl (C=O) groups excluding carboxylic acids is 1. The van der Waals surface area contributed by atoms with Gasteiger partial charge in [0.1, 0.15) is 19.8 Å². The molecule has 2 atom stereocenters. The summed E-state index contributed by atoms with van der Waals surface area (Å²) in [6.07, 6.45) is 38.8. The van der Waals surface area contributed by atoms with Gasteiger partial charge < -0.3 is 27.9 Å². The summed E-state index contributed by atoms with van der Waals surface area (Å²) in [5.74, 6) is -0.358. The smallest absolute Gasteiger partial charge is 0.306 e. The standard InChI is InChI=1S/C42H82NO7P/c1-6-8-10-12-14-16-18-20-22-23-25-27-29-31-33-35-42(44)50-41(40-49-51(45,46)48-38-36-43(3,4)5)39-47-37-34-32-30-28-26-24-21-19-17-15-13-11-9-7-2/h6,34,37,41H,1,7-33,35-36,38-40H2,2-5H3/b37-34+/t41-/m1/s1. The number of esters is 1. The molecule has 0 spiro atoms. The van der Waals surface area contributed by atoms with Crippen molar-refractivity contribution in [3.8, 4) is 0 Å². The molecule has 0 bridgehead atoms. The van der Waals surface area contributed by atoms with Gasteiger partial charge in [-0.1, -0.05) is 154 Å². The Hall–Kier alpha value is -1.18. The fourth-order valence-corrected chi connectivity index (χ4v) is 6.63. The Morgan fingerprint density at radius 1 is 0.667 bits per heavy atom. The van der Waals surface area contributed by atoms with Crippen LogP contribution in [0.25, 0.3) is 0 Å². The maximum Gasteiger partial charge on any atom is 0.306 e. The molecule has 1 unspecified atom stereocenters. The van der Waals surface area contributed by atoms with Crippen molar-refractivity contribution in [2.75, 3.05) is 47.5 Å². The first-order chi connectivity index (χ1) is 24.6. The summed E-state index contributed by atoms with van der Waals surface area (Å²) in [7, 11) is 1.33. The molecule has 9 heteroatoms. The molecule has 8 nitrogen and oxygen atoms in total. The molecule has 0 heterocycles. The van der Waals surface area contributed by atoms with Crippen LogP contribution in [0.3, 0.4) is 0 Å². The highest BCUT2D eigenvalue weighted by atomic mass is 31.2. The van der Waals surface area contributed by atoms with E-state index in [4.69, 9.17) is 18.5 Å². The molecule has 51 heavy (non-hydrogen) atoms. The Morgan fingerprint density at radius 3 is 1.59 bits per heavy atom. The van der Waals surface area contributed by atoms with Gasteiger partial charge in [-0.3, -0.25) is 9.36 Å². The van der Waals surface area contributed by atoms with Crippen LogP contribution in [0, 0.1) is 0 Å². The van der Waals surface area contributed by atoms with Gasteiger partial charge >= 0.3 is 5.97 Å². The largest absolute Gasteiger partial charge is 0.756 e. The lowest BCUT2D eigenvalue weighted by Crippen LogP contribution is -2.37. The molecule has 0 aliphatic carbocycles. The fourth-order valence-electron chi connectivity index (χ4n) is 5.90. The average Bonchev–Trinajstić information content (AvgIpc) is 3.08. The second kappa shape index (κ2) is 35.8. The van der Waals surface area contributed by atoms with Crippen LogP contribution in [0.15, 0.2) is 25.0 Å². The number of ether oxygens (including phenoxy) is 2. The van der Waals surface area contributed by atoms with Crippen molar-refractivity contribution in [1.29, 1.82) is 0 Å². The third-order valence-corrected chi connectivity index (χ3v) is 10.2. The van der Waals surface area contributed by atoms with E-state index in [1.165, 1.54) is 135 Å². The summed E-state index contributed by atoms with van der Waals surface area (Å²) in [5.41, 5.74) is 0. The van der Waals surface area contributed by atoms with Crippen LogP contribution in [-0.4, -0.2) is 64.1 Å². The number of carbonyl (C=O) groups is 1. The number of hydrogen-bond donors (Lipinski definition) is 0. The molecule has 0 aromatic heterocycles. The van der Waals surface area contributed by atoms with E-state index in [-0.39, 0.29) is 25.8 Å². The molecule has 0 fully saturated rings. The Labute approximate surface area is 315 Å². The monoisotopic (exact) mass is 744 g/mol. The summed E-state index contributed by atoms with van der Waals surface area (Å²) in [5, 5.41) is 0. The first-order valence-corrected chi connectivity index (χ1v) is 22.5. The molecular formula is C42H82NO7P. The quantitative estimate of drug-likeness (QED) is 0.0154. The van der Waals surface area contributed by atoms with Gasteiger partial charge in [-0.15, -0.1) is 6.58 Å². The van der Waals surface area contributed by atoms with Crippen LogP contribution in [0.1, 0.15) is 187 Å². The van der Waals surface area contributed by atoms with E-state index in [1.54, 1.807) is 6.26 Å². The van der Waals surface area contributed by atoms with Crippen LogP contribution in [0.4, 0.5) is 0 Å². The predicted octanol–water partition coefficient (Wildman–Crippen LogP) is 11.8. The number of phosphoric ester groups is 1. The van der Waals surface area contributed by atoms with Gasteiger partial charge in [0, 0.05) is 6.42 Å². The zero-order valence-corrected chi connectivity index (χ0v) is 34.8. The number of unbranched alkanes of at least 4 members (excludes halogenated alkanes) is 25. The van der Waals surface area contributed by atoms with Gasteiger partial charge in [0.2, 0.25) is 0 Å². The molecule has 0 amide bonds. The highest BCUT2D eigenvalue weighted by Gasteiger charge is 2.20. The maximum absolute atomic E-state index is 12.6. The van der Waals surface area contributed by atoms with Crippen molar-refractivity contribution in [2.45, 2.75) is 193 Å². The number of phosphoric acid groups is 1. The minimum atomic E-state index is -4.53. The van der Waals surface area contributed by atoms with Crippen LogP contribution >= 0.6 is 7.82 Å². The predicted molar refractivity (Wildman–Crippen MR) is 213 cm³/mol. The van der Waals surface area contributed by atoms with Crippen molar-refractivity contribution in [3.05, 3.63) is 25.0 Å². The average molecular weight is 744 g/mol. The zero-order valence-electron chi connectivity index (χ0n) is 33.9. The summed E-state index contributed by atoms with van der Waals surface area (Å²) in [6.45, 7) is 6.26. The van der Waals surface area contributed by atoms with E-state index in [9.17, 15) is 14.3 Å². The number of rotatable bonds is 40. The molecule has 0 aliphatic heterocycles. The minimum Gasteiger partial charge on any atom is -0.756 e. The normalized spacial score (nSPS) is 13.7. The Bertz CT molecular complexity index is 861. The number of likely N-dealkylation sites (N-methyl/N-ethyl adjacent to an activating group) is 1. The van der Waals surface area contributed by atoms with Crippen LogP contribution in [-0.2, 0) is 27.9 Å².